The zero-order valence-electron chi connectivity index (χ0n) is 13.2. The quantitative estimate of drug-likeness (QED) is 0.872. The minimum atomic E-state index is -1.17. The number of hydrogen-bond acceptors (Lipinski definition) is 6. The van der Waals surface area contributed by atoms with Gasteiger partial charge in [0.15, 0.2) is 6.10 Å². The van der Waals surface area contributed by atoms with Gasteiger partial charge >= 0.3 is 5.97 Å². The third-order valence-corrected chi connectivity index (χ3v) is 3.75. The van der Waals surface area contributed by atoms with Crippen molar-refractivity contribution in [3.63, 3.8) is 0 Å². The second kappa shape index (κ2) is 6.23. The third kappa shape index (κ3) is 2.78. The minimum Gasteiger partial charge on any atom is -0.507 e. The molecule has 0 unspecified atom stereocenters. The fourth-order valence-electron chi connectivity index (χ4n) is 2.69. The van der Waals surface area contributed by atoms with E-state index >= 15 is 0 Å². The van der Waals surface area contributed by atoms with Gasteiger partial charge in [-0.25, -0.2) is 0 Å². The Morgan fingerprint density at radius 2 is 1.92 bits per heavy atom. The summed E-state index contributed by atoms with van der Waals surface area (Å²) in [6.45, 7) is 1.22. The lowest BCUT2D eigenvalue weighted by atomic mass is 9.92. The van der Waals surface area contributed by atoms with Crippen LogP contribution in [0.4, 0.5) is 0 Å². The summed E-state index contributed by atoms with van der Waals surface area (Å²) in [7, 11) is 1.45. The van der Waals surface area contributed by atoms with Crippen LogP contribution in [0.3, 0.4) is 0 Å². The van der Waals surface area contributed by atoms with Crippen molar-refractivity contribution < 1.29 is 28.9 Å². The molecule has 0 radical (unpaired) electrons. The Bertz CT molecular complexity index is 784. The molecule has 24 heavy (non-hydrogen) atoms. The van der Waals surface area contributed by atoms with E-state index in [4.69, 9.17) is 14.2 Å². The molecule has 0 saturated carbocycles. The summed E-state index contributed by atoms with van der Waals surface area (Å²) in [4.78, 5) is 24.2. The van der Waals surface area contributed by atoms with Crippen LogP contribution >= 0.6 is 0 Å². The van der Waals surface area contributed by atoms with Crippen LogP contribution in [-0.4, -0.2) is 30.1 Å². The van der Waals surface area contributed by atoms with Gasteiger partial charge in [-0.1, -0.05) is 30.3 Å². The maximum atomic E-state index is 12.8. The van der Waals surface area contributed by atoms with Gasteiger partial charge in [0.1, 0.15) is 22.8 Å². The Hall–Kier alpha value is -3.02. The van der Waals surface area contributed by atoms with Gasteiger partial charge in [0.25, 0.3) is 0 Å². The van der Waals surface area contributed by atoms with Gasteiger partial charge in [-0.05, 0) is 5.56 Å². The van der Waals surface area contributed by atoms with Gasteiger partial charge in [-0.3, -0.25) is 9.59 Å². The molecular weight excluding hydrogens is 312 g/mol. The summed E-state index contributed by atoms with van der Waals surface area (Å²) in [6.07, 6.45) is -1.97. The van der Waals surface area contributed by atoms with Gasteiger partial charge in [-0.2, -0.15) is 0 Å². The number of phenols is 1. The van der Waals surface area contributed by atoms with Crippen molar-refractivity contribution in [3.05, 3.63) is 53.6 Å². The van der Waals surface area contributed by atoms with Crippen LogP contribution in [-0.2, 0) is 9.53 Å². The number of methoxy groups -OCH3 is 1. The molecule has 124 valence electrons. The maximum absolute atomic E-state index is 12.8. The van der Waals surface area contributed by atoms with Crippen molar-refractivity contribution in [2.24, 2.45) is 0 Å². The molecule has 0 saturated heterocycles. The van der Waals surface area contributed by atoms with E-state index in [2.05, 4.69) is 0 Å². The average molecular weight is 328 g/mol. The molecule has 2 atom stereocenters. The molecule has 1 heterocycles. The number of fused-ring (bicyclic) bond motifs is 1. The molecule has 6 heteroatoms. The molecule has 0 bridgehead atoms. The highest BCUT2D eigenvalue weighted by molar-refractivity contribution is 6.06. The van der Waals surface area contributed by atoms with Crippen LogP contribution in [0.1, 0.15) is 28.9 Å². The first-order valence-electron chi connectivity index (χ1n) is 7.35. The molecule has 0 aromatic heterocycles. The highest BCUT2D eigenvalue weighted by Crippen LogP contribution is 2.42. The molecule has 6 nitrogen and oxygen atoms in total. The molecule has 3 rings (SSSR count). The lowest BCUT2D eigenvalue weighted by Gasteiger charge is -2.32. The van der Waals surface area contributed by atoms with Crippen LogP contribution in [0.5, 0.6) is 17.2 Å². The standard InChI is InChI=1S/C18H16O6/c1-10(19)23-18-16(21)15-13(20)8-12(22-2)9-14(15)24-17(18)11-6-4-3-5-7-11/h3-9,17-18,20H,1-2H3/t17-,18+/m1/s1. The minimum absolute atomic E-state index is 0.0192. The normalized spacial score (nSPS) is 19.2. The smallest absolute Gasteiger partial charge is 0.303 e. The van der Waals surface area contributed by atoms with Crippen LogP contribution in [0.2, 0.25) is 0 Å². The Morgan fingerprint density at radius 1 is 1.21 bits per heavy atom. The second-order valence-corrected chi connectivity index (χ2v) is 5.36. The summed E-state index contributed by atoms with van der Waals surface area (Å²) >= 11 is 0. The predicted octanol–water partition coefficient (Wildman–Crippen LogP) is 2.65. The summed E-state index contributed by atoms with van der Waals surface area (Å²) in [6, 6.07) is 11.8. The van der Waals surface area contributed by atoms with Crippen LogP contribution in [0.15, 0.2) is 42.5 Å². The number of phenolic OH excluding ortho intramolecular Hbond substituents is 1. The number of esters is 1. The third-order valence-electron chi connectivity index (χ3n) is 3.75. The van der Waals surface area contributed by atoms with Crippen molar-refractivity contribution in [2.75, 3.05) is 7.11 Å². The summed E-state index contributed by atoms with van der Waals surface area (Å²) < 4.78 is 16.2. The first kappa shape index (κ1) is 15.9. The summed E-state index contributed by atoms with van der Waals surface area (Å²) in [5.74, 6) is -0.848. The summed E-state index contributed by atoms with van der Waals surface area (Å²) in [5.41, 5.74) is 0.666. The topological polar surface area (TPSA) is 82.1 Å². The number of carbonyl (C=O) groups excluding carboxylic acids is 2. The lowest BCUT2D eigenvalue weighted by molar-refractivity contribution is -0.148. The Labute approximate surface area is 138 Å². The zero-order chi connectivity index (χ0) is 17.3. The number of carbonyl (C=O) groups is 2. The second-order valence-electron chi connectivity index (χ2n) is 5.36. The fourth-order valence-corrected chi connectivity index (χ4v) is 2.69. The number of rotatable bonds is 3. The van der Waals surface area contributed by atoms with Crippen LogP contribution in [0.25, 0.3) is 0 Å². The van der Waals surface area contributed by atoms with E-state index in [1.165, 1.54) is 26.2 Å². The first-order chi connectivity index (χ1) is 11.5. The van der Waals surface area contributed by atoms with Crippen LogP contribution in [0, 0.1) is 0 Å². The summed E-state index contributed by atoms with van der Waals surface area (Å²) in [5, 5.41) is 10.1. The van der Waals surface area contributed by atoms with Crippen molar-refractivity contribution in [1.82, 2.24) is 0 Å². The molecule has 2 aromatic carbocycles. The highest BCUT2D eigenvalue weighted by atomic mass is 16.6. The van der Waals surface area contributed by atoms with Crippen molar-refractivity contribution in [3.8, 4) is 17.2 Å². The molecular formula is C18H16O6. The number of hydrogen-bond donors (Lipinski definition) is 1. The van der Waals surface area contributed by atoms with Gasteiger partial charge in [0, 0.05) is 19.1 Å². The number of aromatic hydroxyl groups is 1. The van der Waals surface area contributed by atoms with Crippen molar-refractivity contribution in [1.29, 1.82) is 0 Å². The maximum Gasteiger partial charge on any atom is 0.303 e. The Balaban J connectivity index is 2.11. The first-order valence-corrected chi connectivity index (χ1v) is 7.35. The highest BCUT2D eigenvalue weighted by Gasteiger charge is 2.42. The molecule has 0 spiro atoms. The van der Waals surface area contributed by atoms with Gasteiger partial charge in [0.05, 0.1) is 7.11 Å². The Kier molecular flexibility index (Phi) is 4.12. The van der Waals surface area contributed by atoms with Crippen molar-refractivity contribution in [2.45, 2.75) is 19.1 Å². The number of ether oxygens (including phenoxy) is 3. The van der Waals surface area contributed by atoms with Crippen molar-refractivity contribution >= 4 is 11.8 Å². The average Bonchev–Trinajstić information content (AvgIpc) is 2.57. The number of ketones is 1. The van der Waals surface area contributed by atoms with Gasteiger partial charge in [-0.15, -0.1) is 0 Å². The lowest BCUT2D eigenvalue weighted by Crippen LogP contribution is -2.39. The number of Topliss-reactive ketones (excluding diaryl/α,β-unsaturated/α-hetero) is 1. The zero-order valence-corrected chi connectivity index (χ0v) is 13.2. The van der Waals surface area contributed by atoms with E-state index in [0.717, 1.165) is 0 Å². The molecule has 1 aliphatic rings. The predicted molar refractivity (Wildman–Crippen MR) is 84.4 cm³/mol. The monoisotopic (exact) mass is 328 g/mol. The van der Waals surface area contributed by atoms with E-state index in [-0.39, 0.29) is 17.1 Å². The van der Waals surface area contributed by atoms with Crippen LogP contribution < -0.4 is 9.47 Å². The van der Waals surface area contributed by atoms with E-state index < -0.39 is 24.0 Å². The molecule has 0 amide bonds. The SMILES string of the molecule is COc1cc(O)c2c(c1)O[C@H](c1ccccc1)[C@@H](OC(C)=O)C2=O. The molecule has 1 aliphatic heterocycles. The molecule has 1 N–H and O–H groups in total. The molecule has 0 aliphatic carbocycles. The Morgan fingerprint density at radius 3 is 2.54 bits per heavy atom. The van der Waals surface area contributed by atoms with E-state index in [1.54, 1.807) is 24.3 Å². The number of benzene rings is 2. The van der Waals surface area contributed by atoms with Gasteiger partial charge in [0.2, 0.25) is 11.9 Å². The van der Waals surface area contributed by atoms with E-state index in [0.29, 0.717) is 11.3 Å². The van der Waals surface area contributed by atoms with E-state index in [1.807, 2.05) is 6.07 Å². The fraction of sp³-hybridized carbons (Fsp3) is 0.222. The molecule has 0 fully saturated rings. The van der Waals surface area contributed by atoms with Gasteiger partial charge < -0.3 is 19.3 Å². The van der Waals surface area contributed by atoms with E-state index in [9.17, 15) is 14.7 Å². The largest absolute Gasteiger partial charge is 0.507 e. The molecule has 2 aromatic rings.